The van der Waals surface area contributed by atoms with Crippen LogP contribution in [0.25, 0.3) is 0 Å². The average molecular weight is 261 g/mol. The summed E-state index contributed by atoms with van der Waals surface area (Å²) in [7, 11) is 1.96. The van der Waals surface area contributed by atoms with Gasteiger partial charge in [0.1, 0.15) is 0 Å². The molecule has 8 heteroatoms. The van der Waals surface area contributed by atoms with Gasteiger partial charge in [-0.1, -0.05) is 0 Å². The maximum absolute atomic E-state index is 11.4. The first kappa shape index (κ1) is 14.7. The molecule has 1 aliphatic rings. The van der Waals surface area contributed by atoms with Crippen LogP contribution in [-0.4, -0.2) is 79.2 Å². The lowest BCUT2D eigenvalue weighted by Gasteiger charge is -2.30. The summed E-state index contributed by atoms with van der Waals surface area (Å²) in [6.07, 6.45) is -0.105. The Hall–Kier alpha value is -1.38. The van der Waals surface area contributed by atoms with Crippen molar-refractivity contribution in [2.24, 2.45) is 0 Å². The second kappa shape index (κ2) is 7.14. The van der Waals surface area contributed by atoms with E-state index in [1.165, 1.54) is 0 Å². The number of nitrogens with zero attached hydrogens (tertiary/aromatic N) is 1. The van der Waals surface area contributed by atoms with Crippen LogP contribution in [0.15, 0.2) is 0 Å². The molecule has 1 saturated heterocycles. The highest BCUT2D eigenvalue weighted by Gasteiger charge is 2.21. The molecule has 18 heavy (non-hydrogen) atoms. The summed E-state index contributed by atoms with van der Waals surface area (Å²) in [6, 6.07) is -1.92. The summed E-state index contributed by atoms with van der Waals surface area (Å²) in [5.41, 5.74) is 0. The third kappa shape index (κ3) is 4.86. The fourth-order valence-corrected chi connectivity index (χ4v) is 1.59. The minimum atomic E-state index is -1.29. The summed E-state index contributed by atoms with van der Waals surface area (Å²) >= 11 is 0. The van der Waals surface area contributed by atoms with Gasteiger partial charge in [0, 0.05) is 19.6 Å². The number of aliphatic carboxylic acids is 1. The number of morpholine rings is 1. The van der Waals surface area contributed by atoms with E-state index >= 15 is 0 Å². The molecule has 2 amide bonds. The molecule has 0 aromatic carbocycles. The quantitative estimate of drug-likeness (QED) is 0.458. The molecule has 0 bridgehead atoms. The minimum absolute atomic E-state index is 0.105. The second-order valence-electron chi connectivity index (χ2n) is 4.18. The van der Waals surface area contributed by atoms with Crippen molar-refractivity contribution in [2.75, 3.05) is 39.9 Å². The second-order valence-corrected chi connectivity index (χ2v) is 4.18. The molecule has 4 N–H and O–H groups in total. The molecule has 0 aromatic rings. The van der Waals surface area contributed by atoms with Crippen LogP contribution >= 0.6 is 0 Å². The summed E-state index contributed by atoms with van der Waals surface area (Å²) in [5.74, 6) is -1.28. The highest BCUT2D eigenvalue weighted by atomic mass is 16.5. The summed E-state index contributed by atoms with van der Waals surface area (Å²) in [6.45, 7) is 1.83. The largest absolute Gasteiger partial charge is 0.480 e. The van der Waals surface area contributed by atoms with Gasteiger partial charge < -0.3 is 30.5 Å². The van der Waals surface area contributed by atoms with E-state index in [4.69, 9.17) is 14.9 Å². The van der Waals surface area contributed by atoms with Gasteiger partial charge in [-0.15, -0.1) is 0 Å². The van der Waals surface area contributed by atoms with Gasteiger partial charge in [-0.25, -0.2) is 9.59 Å². The number of carboxylic acids is 1. The molecular weight excluding hydrogens is 242 g/mol. The fourth-order valence-electron chi connectivity index (χ4n) is 1.59. The highest BCUT2D eigenvalue weighted by Crippen LogP contribution is 2.01. The smallest absolute Gasteiger partial charge is 0.328 e. The van der Waals surface area contributed by atoms with E-state index in [1.807, 2.05) is 7.05 Å². The number of carbonyl (C=O) groups excluding carboxylic acids is 1. The molecular formula is C10H19N3O5. The number of hydrogen-bond donors (Lipinski definition) is 4. The zero-order valence-corrected chi connectivity index (χ0v) is 10.3. The van der Waals surface area contributed by atoms with Crippen LogP contribution in [0.2, 0.25) is 0 Å². The topological polar surface area (TPSA) is 111 Å². The first-order valence-electron chi connectivity index (χ1n) is 5.71. The number of carboxylic acid groups (broad SMARTS) is 1. The maximum atomic E-state index is 11.4. The van der Waals surface area contributed by atoms with Gasteiger partial charge in [0.2, 0.25) is 0 Å². The van der Waals surface area contributed by atoms with Crippen molar-refractivity contribution in [2.45, 2.75) is 12.1 Å². The van der Waals surface area contributed by atoms with Gasteiger partial charge >= 0.3 is 12.0 Å². The van der Waals surface area contributed by atoms with Crippen LogP contribution in [0.4, 0.5) is 4.79 Å². The van der Waals surface area contributed by atoms with Crippen molar-refractivity contribution in [3.05, 3.63) is 0 Å². The Kier molecular flexibility index (Phi) is 5.83. The van der Waals surface area contributed by atoms with E-state index in [1.54, 1.807) is 0 Å². The van der Waals surface area contributed by atoms with Crippen LogP contribution in [0.5, 0.6) is 0 Å². The van der Waals surface area contributed by atoms with E-state index in [-0.39, 0.29) is 6.10 Å². The number of rotatable bonds is 5. The van der Waals surface area contributed by atoms with Gasteiger partial charge in [0.05, 0.1) is 19.3 Å². The van der Waals surface area contributed by atoms with Crippen LogP contribution in [0, 0.1) is 0 Å². The lowest BCUT2D eigenvalue weighted by molar-refractivity contribution is -0.140. The lowest BCUT2D eigenvalue weighted by atomic mass is 10.3. The number of aliphatic hydroxyl groups excluding tert-OH is 1. The van der Waals surface area contributed by atoms with Gasteiger partial charge in [-0.2, -0.15) is 0 Å². The number of carbonyl (C=O) groups is 2. The molecule has 104 valence electrons. The molecule has 0 radical (unpaired) electrons. The standard InChI is InChI=1S/C10H19N3O5/c1-13-2-3-18-7(5-13)4-11-10(17)12-8(6-14)9(15)16/h7-8,14H,2-6H2,1H3,(H,15,16)(H2,11,12,17)/t7?,8-/m0/s1. The molecule has 0 spiro atoms. The maximum Gasteiger partial charge on any atom is 0.328 e. The summed E-state index contributed by atoms with van der Waals surface area (Å²) in [4.78, 5) is 24.0. The van der Waals surface area contributed by atoms with E-state index < -0.39 is 24.6 Å². The van der Waals surface area contributed by atoms with E-state index in [9.17, 15) is 9.59 Å². The summed E-state index contributed by atoms with van der Waals surface area (Å²) < 4.78 is 5.43. The van der Waals surface area contributed by atoms with Gasteiger partial charge in [0.15, 0.2) is 6.04 Å². The molecule has 0 aromatic heterocycles. The first-order valence-corrected chi connectivity index (χ1v) is 5.71. The zero-order chi connectivity index (χ0) is 13.5. The lowest BCUT2D eigenvalue weighted by Crippen LogP contribution is -2.51. The molecule has 2 atom stereocenters. The van der Waals surface area contributed by atoms with Crippen LogP contribution in [0.1, 0.15) is 0 Å². The first-order chi connectivity index (χ1) is 8.52. The van der Waals surface area contributed by atoms with Crippen LogP contribution < -0.4 is 10.6 Å². The molecule has 1 rings (SSSR count). The molecule has 1 unspecified atom stereocenters. The number of aliphatic hydroxyl groups is 1. The Morgan fingerprint density at radius 2 is 2.28 bits per heavy atom. The van der Waals surface area contributed by atoms with Crippen molar-refractivity contribution < 1.29 is 24.5 Å². The van der Waals surface area contributed by atoms with Crippen molar-refractivity contribution >= 4 is 12.0 Å². The van der Waals surface area contributed by atoms with Gasteiger partial charge in [-0.3, -0.25) is 0 Å². The van der Waals surface area contributed by atoms with Crippen molar-refractivity contribution in [1.29, 1.82) is 0 Å². The third-order valence-electron chi connectivity index (χ3n) is 2.62. The van der Waals surface area contributed by atoms with Gasteiger partial charge in [0.25, 0.3) is 0 Å². The van der Waals surface area contributed by atoms with E-state index in [0.717, 1.165) is 6.54 Å². The zero-order valence-electron chi connectivity index (χ0n) is 10.3. The molecule has 8 nitrogen and oxygen atoms in total. The molecule has 0 aliphatic carbocycles. The van der Waals surface area contributed by atoms with Gasteiger partial charge in [-0.05, 0) is 7.05 Å². The van der Waals surface area contributed by atoms with Crippen LogP contribution in [0.3, 0.4) is 0 Å². The average Bonchev–Trinajstić information content (AvgIpc) is 2.33. The van der Waals surface area contributed by atoms with E-state index in [2.05, 4.69) is 15.5 Å². The van der Waals surface area contributed by atoms with E-state index in [0.29, 0.717) is 19.7 Å². The minimum Gasteiger partial charge on any atom is -0.480 e. The Labute approximate surface area is 105 Å². The Bertz CT molecular complexity index is 299. The number of ether oxygens (including phenoxy) is 1. The highest BCUT2D eigenvalue weighted by molar-refractivity contribution is 5.82. The fraction of sp³-hybridized carbons (Fsp3) is 0.800. The molecule has 1 fully saturated rings. The third-order valence-corrected chi connectivity index (χ3v) is 2.62. The number of likely N-dealkylation sites (N-methyl/N-ethyl adjacent to an activating group) is 1. The molecule has 1 aliphatic heterocycles. The van der Waals surface area contributed by atoms with Crippen molar-refractivity contribution in [1.82, 2.24) is 15.5 Å². The van der Waals surface area contributed by atoms with Crippen molar-refractivity contribution in [3.63, 3.8) is 0 Å². The van der Waals surface area contributed by atoms with Crippen LogP contribution in [-0.2, 0) is 9.53 Å². The summed E-state index contributed by atoms with van der Waals surface area (Å²) in [5, 5.41) is 22.0. The molecule has 0 saturated carbocycles. The number of nitrogens with one attached hydrogen (secondary N) is 2. The Balaban J connectivity index is 2.25. The monoisotopic (exact) mass is 261 g/mol. The SMILES string of the molecule is CN1CCOC(CNC(=O)N[C@@H](CO)C(=O)O)C1. The number of amides is 2. The Morgan fingerprint density at radius 1 is 1.56 bits per heavy atom. The number of urea groups is 1. The predicted molar refractivity (Wildman–Crippen MR) is 62.3 cm³/mol. The van der Waals surface area contributed by atoms with Crippen molar-refractivity contribution in [3.8, 4) is 0 Å². The number of hydrogen-bond acceptors (Lipinski definition) is 5. The Morgan fingerprint density at radius 3 is 2.83 bits per heavy atom. The molecule has 1 heterocycles. The predicted octanol–water partition coefficient (Wildman–Crippen LogP) is -1.94. The normalized spacial score (nSPS) is 22.2.